The molecule has 2 nitrogen and oxygen atoms in total. The van der Waals surface area contributed by atoms with Gasteiger partial charge in [-0.25, -0.2) is 0 Å². The van der Waals surface area contributed by atoms with Gasteiger partial charge in [-0.2, -0.15) is 0 Å². The molecule has 0 saturated heterocycles. The number of carbonyl (C=O) groups is 2. The van der Waals surface area contributed by atoms with Crippen LogP contribution in [0.15, 0.2) is 78.2 Å². The Kier molecular flexibility index (Phi) is 4.23. The molecule has 0 aliphatic rings. The van der Waals surface area contributed by atoms with Gasteiger partial charge in [-0.15, -0.1) is 11.3 Å². The molecule has 0 N–H and O–H groups in total. The van der Waals surface area contributed by atoms with E-state index in [4.69, 9.17) is 0 Å². The Labute approximate surface area is 155 Å². The molecular weight excluding hydrogens is 340 g/mol. The van der Waals surface area contributed by atoms with E-state index in [1.54, 1.807) is 30.3 Å². The zero-order valence-corrected chi connectivity index (χ0v) is 15.0. The highest BCUT2D eigenvalue weighted by Gasteiger charge is 2.21. The number of thiophene rings is 1. The maximum atomic E-state index is 13.3. The lowest BCUT2D eigenvalue weighted by molar-refractivity contribution is 0.101. The molecule has 0 aliphatic carbocycles. The summed E-state index contributed by atoms with van der Waals surface area (Å²) in [5, 5.41) is 3.84. The van der Waals surface area contributed by atoms with Crippen LogP contribution in [0, 0.1) is 6.92 Å². The Hall–Kier alpha value is -3.04. The first kappa shape index (κ1) is 16.4. The number of aryl methyl sites for hydroxylation is 1. The van der Waals surface area contributed by atoms with Gasteiger partial charge in [0.1, 0.15) is 0 Å². The van der Waals surface area contributed by atoms with Crippen LogP contribution in [-0.4, -0.2) is 11.6 Å². The van der Waals surface area contributed by atoms with Crippen molar-refractivity contribution in [2.24, 2.45) is 0 Å². The number of hydrogen-bond donors (Lipinski definition) is 0. The fourth-order valence-corrected chi connectivity index (χ4v) is 3.89. The summed E-state index contributed by atoms with van der Waals surface area (Å²) in [6, 6.07) is 22.4. The van der Waals surface area contributed by atoms with Crippen molar-refractivity contribution in [3.63, 3.8) is 0 Å². The van der Waals surface area contributed by atoms with Gasteiger partial charge in [0, 0.05) is 16.7 Å². The van der Waals surface area contributed by atoms with Crippen LogP contribution >= 0.6 is 11.3 Å². The highest BCUT2D eigenvalue weighted by atomic mass is 32.1. The number of carbonyl (C=O) groups excluding carboxylic acids is 2. The molecule has 26 heavy (non-hydrogen) atoms. The van der Waals surface area contributed by atoms with E-state index < -0.39 is 0 Å². The molecule has 0 unspecified atom stereocenters. The normalized spacial score (nSPS) is 10.8. The van der Waals surface area contributed by atoms with Crippen molar-refractivity contribution >= 4 is 33.7 Å². The summed E-state index contributed by atoms with van der Waals surface area (Å²) in [4.78, 5) is 26.8. The Morgan fingerprint density at radius 1 is 0.654 bits per heavy atom. The second kappa shape index (κ2) is 6.70. The SMILES string of the molecule is Cc1ccc(C(=O)c2ccccc2C(=O)c2cccs2)c2ccccc12. The smallest absolute Gasteiger partial charge is 0.203 e. The quantitative estimate of drug-likeness (QED) is 0.441. The maximum Gasteiger partial charge on any atom is 0.203 e. The van der Waals surface area contributed by atoms with Gasteiger partial charge in [-0.1, -0.05) is 66.7 Å². The summed E-state index contributed by atoms with van der Waals surface area (Å²) in [6.07, 6.45) is 0. The zero-order chi connectivity index (χ0) is 18.1. The van der Waals surface area contributed by atoms with Crippen molar-refractivity contribution in [3.8, 4) is 0 Å². The molecule has 126 valence electrons. The summed E-state index contributed by atoms with van der Waals surface area (Å²) in [5.41, 5.74) is 2.64. The Morgan fingerprint density at radius 2 is 1.31 bits per heavy atom. The molecule has 0 atom stereocenters. The fraction of sp³-hybridized carbons (Fsp3) is 0.0435. The molecule has 0 amide bonds. The standard InChI is InChI=1S/C23H16O2S/c1-15-12-13-20(17-8-3-2-7-16(15)17)22(24)18-9-4-5-10-19(18)23(25)21-11-6-14-26-21/h2-14H,1H3. The van der Waals surface area contributed by atoms with Gasteiger partial charge in [0.15, 0.2) is 5.78 Å². The summed E-state index contributed by atoms with van der Waals surface area (Å²) in [5.74, 6) is -0.234. The van der Waals surface area contributed by atoms with E-state index in [9.17, 15) is 9.59 Å². The number of rotatable bonds is 4. The molecule has 0 spiro atoms. The Balaban J connectivity index is 1.87. The second-order valence-corrected chi connectivity index (χ2v) is 7.10. The van der Waals surface area contributed by atoms with E-state index in [1.165, 1.54) is 11.3 Å². The lowest BCUT2D eigenvalue weighted by Gasteiger charge is -2.11. The third-order valence-electron chi connectivity index (χ3n) is 4.55. The first-order valence-electron chi connectivity index (χ1n) is 8.37. The van der Waals surface area contributed by atoms with E-state index in [0.717, 1.165) is 16.3 Å². The van der Waals surface area contributed by atoms with Gasteiger partial charge >= 0.3 is 0 Å². The molecule has 3 heteroatoms. The Bertz CT molecular complexity index is 1120. The predicted molar refractivity (Wildman–Crippen MR) is 106 cm³/mol. The number of hydrogen-bond acceptors (Lipinski definition) is 3. The van der Waals surface area contributed by atoms with Gasteiger partial charge in [-0.3, -0.25) is 9.59 Å². The van der Waals surface area contributed by atoms with E-state index in [2.05, 4.69) is 0 Å². The topological polar surface area (TPSA) is 34.1 Å². The van der Waals surface area contributed by atoms with Crippen LogP contribution in [0.4, 0.5) is 0 Å². The lowest BCUT2D eigenvalue weighted by atomic mass is 9.91. The molecular formula is C23H16O2S. The van der Waals surface area contributed by atoms with Crippen LogP contribution in [-0.2, 0) is 0 Å². The van der Waals surface area contributed by atoms with Crippen molar-refractivity contribution in [3.05, 3.63) is 105 Å². The number of fused-ring (bicyclic) bond motifs is 1. The van der Waals surface area contributed by atoms with Gasteiger partial charge in [0.25, 0.3) is 0 Å². The van der Waals surface area contributed by atoms with Crippen LogP contribution in [0.25, 0.3) is 10.8 Å². The van der Waals surface area contributed by atoms with Crippen LogP contribution in [0.2, 0.25) is 0 Å². The molecule has 0 radical (unpaired) electrons. The lowest BCUT2D eigenvalue weighted by Crippen LogP contribution is -2.10. The molecule has 4 rings (SSSR count). The summed E-state index contributed by atoms with van der Waals surface area (Å²) >= 11 is 1.39. The van der Waals surface area contributed by atoms with Gasteiger partial charge in [0.2, 0.25) is 5.78 Å². The number of benzene rings is 3. The third-order valence-corrected chi connectivity index (χ3v) is 5.42. The van der Waals surface area contributed by atoms with E-state index in [-0.39, 0.29) is 11.6 Å². The minimum absolute atomic E-state index is 0.111. The van der Waals surface area contributed by atoms with Crippen molar-refractivity contribution in [1.82, 2.24) is 0 Å². The molecule has 1 heterocycles. The second-order valence-electron chi connectivity index (χ2n) is 6.16. The monoisotopic (exact) mass is 356 g/mol. The van der Waals surface area contributed by atoms with Crippen molar-refractivity contribution < 1.29 is 9.59 Å². The van der Waals surface area contributed by atoms with Crippen molar-refractivity contribution in [2.75, 3.05) is 0 Å². The van der Waals surface area contributed by atoms with E-state index in [0.29, 0.717) is 21.6 Å². The fourth-order valence-electron chi connectivity index (χ4n) is 3.21. The summed E-state index contributed by atoms with van der Waals surface area (Å²) < 4.78 is 0. The highest BCUT2D eigenvalue weighted by molar-refractivity contribution is 7.12. The third kappa shape index (κ3) is 2.76. The van der Waals surface area contributed by atoms with Gasteiger partial charge in [0.05, 0.1) is 4.88 Å². The first-order chi connectivity index (χ1) is 12.7. The molecule has 0 saturated carbocycles. The molecule has 4 aromatic rings. The molecule has 0 aliphatic heterocycles. The highest BCUT2D eigenvalue weighted by Crippen LogP contribution is 2.26. The van der Waals surface area contributed by atoms with Crippen LogP contribution < -0.4 is 0 Å². The average Bonchev–Trinajstić information content (AvgIpc) is 3.22. The van der Waals surface area contributed by atoms with Crippen LogP contribution in [0.3, 0.4) is 0 Å². The van der Waals surface area contributed by atoms with Gasteiger partial charge in [-0.05, 0) is 34.7 Å². The minimum Gasteiger partial charge on any atom is -0.289 e. The van der Waals surface area contributed by atoms with Crippen LogP contribution in [0.1, 0.15) is 36.7 Å². The summed E-state index contributed by atoms with van der Waals surface area (Å²) in [6.45, 7) is 2.03. The zero-order valence-electron chi connectivity index (χ0n) is 14.2. The predicted octanol–water partition coefficient (Wildman–Crippen LogP) is 5.67. The van der Waals surface area contributed by atoms with Crippen LogP contribution in [0.5, 0.6) is 0 Å². The molecule has 0 fully saturated rings. The largest absolute Gasteiger partial charge is 0.289 e. The van der Waals surface area contributed by atoms with E-state index >= 15 is 0 Å². The van der Waals surface area contributed by atoms with Gasteiger partial charge < -0.3 is 0 Å². The first-order valence-corrected chi connectivity index (χ1v) is 9.25. The summed E-state index contributed by atoms with van der Waals surface area (Å²) in [7, 11) is 0. The number of ketones is 2. The molecule has 3 aromatic carbocycles. The van der Waals surface area contributed by atoms with Crippen molar-refractivity contribution in [2.45, 2.75) is 6.92 Å². The minimum atomic E-state index is -0.123. The molecule has 1 aromatic heterocycles. The van der Waals surface area contributed by atoms with Crippen molar-refractivity contribution in [1.29, 1.82) is 0 Å². The average molecular weight is 356 g/mol. The Morgan fingerprint density at radius 3 is 2.00 bits per heavy atom. The molecule has 0 bridgehead atoms. The maximum absolute atomic E-state index is 13.3. The van der Waals surface area contributed by atoms with E-state index in [1.807, 2.05) is 54.8 Å².